The zero-order chi connectivity index (χ0) is 18.2. The van der Waals surface area contributed by atoms with Gasteiger partial charge < -0.3 is 28.4 Å². The molecule has 1 spiro atoms. The predicted octanol–water partition coefficient (Wildman–Crippen LogP) is 0.923. The number of rotatable bonds is 1. The van der Waals surface area contributed by atoms with Crippen LogP contribution in [0.2, 0.25) is 0 Å². The number of amides is 1. The van der Waals surface area contributed by atoms with Crippen LogP contribution in [0.3, 0.4) is 0 Å². The molecule has 0 aromatic carbocycles. The molecule has 140 valence electrons. The van der Waals surface area contributed by atoms with E-state index < -0.39 is 41.9 Å². The summed E-state index contributed by atoms with van der Waals surface area (Å²) in [4.78, 5) is 12.3. The maximum atomic E-state index is 12.3. The second-order valence-corrected chi connectivity index (χ2v) is 7.65. The fraction of sp³-hybridized carbons (Fsp3) is 0.875. The normalized spacial score (nSPS) is 44.1. The molecule has 4 heterocycles. The van der Waals surface area contributed by atoms with Crippen LogP contribution in [0.15, 0.2) is 5.10 Å². The van der Waals surface area contributed by atoms with Gasteiger partial charge in [0.25, 0.3) is 5.72 Å². The number of carbonyl (C=O) groups excluding carboxylic acids is 1. The topological polar surface area (TPSA) is 88.1 Å². The molecule has 0 aliphatic carbocycles. The highest BCUT2D eigenvalue weighted by Gasteiger charge is 2.73. The van der Waals surface area contributed by atoms with E-state index >= 15 is 0 Å². The standard InChI is InChI=1S/C16H24N2O7/c1-8-17-18(9(2)19)16(22-8)11(10-7-20-14(3,4)23-10)21-13-12(16)24-15(5,6)25-13/h10-13H,7H2,1-6H3/t10-,11-,12+,13-,16-/m1/s1. The van der Waals surface area contributed by atoms with E-state index in [4.69, 9.17) is 28.4 Å². The molecule has 0 bridgehead atoms. The van der Waals surface area contributed by atoms with E-state index in [-0.39, 0.29) is 5.91 Å². The van der Waals surface area contributed by atoms with Gasteiger partial charge in [0.15, 0.2) is 30.1 Å². The van der Waals surface area contributed by atoms with Crippen molar-refractivity contribution >= 4 is 11.8 Å². The number of hydrogen-bond donors (Lipinski definition) is 0. The third kappa shape index (κ3) is 2.48. The summed E-state index contributed by atoms with van der Waals surface area (Å²) in [7, 11) is 0. The van der Waals surface area contributed by atoms with Gasteiger partial charge in [0, 0.05) is 13.8 Å². The Kier molecular flexibility index (Phi) is 3.53. The Morgan fingerprint density at radius 1 is 1.12 bits per heavy atom. The molecule has 9 nitrogen and oxygen atoms in total. The van der Waals surface area contributed by atoms with Gasteiger partial charge in [-0.05, 0) is 27.7 Å². The molecule has 0 N–H and O–H groups in total. The number of carbonyl (C=O) groups is 1. The van der Waals surface area contributed by atoms with Gasteiger partial charge in [-0.2, -0.15) is 5.01 Å². The van der Waals surface area contributed by atoms with Crippen LogP contribution >= 0.6 is 0 Å². The molecule has 4 rings (SSSR count). The van der Waals surface area contributed by atoms with Crippen LogP contribution < -0.4 is 0 Å². The van der Waals surface area contributed by atoms with E-state index in [1.807, 2.05) is 13.8 Å². The number of hydrazone groups is 1. The van der Waals surface area contributed by atoms with Crippen molar-refractivity contribution in [3.05, 3.63) is 0 Å². The molecule has 0 radical (unpaired) electrons. The van der Waals surface area contributed by atoms with Crippen LogP contribution in [0.1, 0.15) is 41.5 Å². The quantitative estimate of drug-likeness (QED) is 0.690. The van der Waals surface area contributed by atoms with E-state index in [2.05, 4.69) is 5.10 Å². The average molecular weight is 356 g/mol. The van der Waals surface area contributed by atoms with Gasteiger partial charge in [-0.1, -0.05) is 0 Å². The molecular weight excluding hydrogens is 332 g/mol. The number of nitrogens with zero attached hydrogens (tertiary/aromatic N) is 2. The third-order valence-corrected chi connectivity index (χ3v) is 4.70. The van der Waals surface area contributed by atoms with Gasteiger partial charge >= 0.3 is 0 Å². The molecule has 0 unspecified atom stereocenters. The van der Waals surface area contributed by atoms with E-state index in [1.165, 1.54) is 11.9 Å². The Labute approximate surface area is 146 Å². The highest BCUT2D eigenvalue weighted by Crippen LogP contribution is 2.51. The summed E-state index contributed by atoms with van der Waals surface area (Å²) >= 11 is 0. The minimum atomic E-state index is -1.29. The van der Waals surface area contributed by atoms with Crippen LogP contribution in [0, 0.1) is 0 Å². The molecule has 9 heteroatoms. The summed E-state index contributed by atoms with van der Waals surface area (Å²) in [6.07, 6.45) is -2.50. The monoisotopic (exact) mass is 356 g/mol. The van der Waals surface area contributed by atoms with Gasteiger partial charge in [0.1, 0.15) is 6.10 Å². The first-order valence-electron chi connectivity index (χ1n) is 8.42. The Hall–Kier alpha value is -1.26. The Bertz CT molecular complexity index is 634. The molecule has 0 aromatic rings. The third-order valence-electron chi connectivity index (χ3n) is 4.70. The highest BCUT2D eigenvalue weighted by molar-refractivity contribution is 5.82. The predicted molar refractivity (Wildman–Crippen MR) is 83.0 cm³/mol. The van der Waals surface area contributed by atoms with Gasteiger partial charge in [0.05, 0.1) is 6.61 Å². The maximum Gasteiger partial charge on any atom is 0.266 e. The average Bonchev–Trinajstić information content (AvgIpc) is 3.15. The molecule has 3 fully saturated rings. The Morgan fingerprint density at radius 3 is 2.44 bits per heavy atom. The smallest absolute Gasteiger partial charge is 0.266 e. The highest BCUT2D eigenvalue weighted by atomic mass is 16.9. The van der Waals surface area contributed by atoms with Crippen molar-refractivity contribution in [3.63, 3.8) is 0 Å². The van der Waals surface area contributed by atoms with Crippen molar-refractivity contribution in [1.82, 2.24) is 5.01 Å². The molecule has 5 atom stereocenters. The van der Waals surface area contributed by atoms with Gasteiger partial charge in [-0.25, -0.2) is 0 Å². The molecule has 0 aromatic heterocycles. The van der Waals surface area contributed by atoms with E-state index in [1.54, 1.807) is 20.8 Å². The Balaban J connectivity index is 1.74. The van der Waals surface area contributed by atoms with Gasteiger partial charge in [0.2, 0.25) is 11.8 Å². The van der Waals surface area contributed by atoms with E-state index in [9.17, 15) is 4.79 Å². The van der Waals surface area contributed by atoms with Crippen LogP contribution in [0.5, 0.6) is 0 Å². The number of ether oxygens (including phenoxy) is 6. The summed E-state index contributed by atoms with van der Waals surface area (Å²) in [5.74, 6) is -1.53. The van der Waals surface area contributed by atoms with E-state index in [0.717, 1.165) is 0 Å². The van der Waals surface area contributed by atoms with Crippen molar-refractivity contribution in [2.24, 2.45) is 5.10 Å². The first kappa shape index (κ1) is 17.2. The molecule has 1 amide bonds. The van der Waals surface area contributed by atoms with Crippen LogP contribution in [0.4, 0.5) is 0 Å². The summed E-state index contributed by atoms with van der Waals surface area (Å²) in [5.41, 5.74) is -1.29. The fourth-order valence-corrected chi connectivity index (χ4v) is 3.92. The zero-order valence-electron chi connectivity index (χ0n) is 15.3. The summed E-state index contributed by atoms with van der Waals surface area (Å²) < 4.78 is 35.7. The lowest BCUT2D eigenvalue weighted by Gasteiger charge is -2.39. The van der Waals surface area contributed by atoms with Crippen molar-refractivity contribution in [3.8, 4) is 0 Å². The maximum absolute atomic E-state index is 12.3. The lowest BCUT2D eigenvalue weighted by atomic mass is 9.97. The largest absolute Gasteiger partial charge is 0.445 e. The Morgan fingerprint density at radius 2 is 1.84 bits per heavy atom. The summed E-state index contributed by atoms with van der Waals surface area (Å²) in [6, 6.07) is 0. The second kappa shape index (κ2) is 5.14. The van der Waals surface area contributed by atoms with Crippen molar-refractivity contribution < 1.29 is 33.2 Å². The molecule has 4 aliphatic rings. The first-order chi connectivity index (χ1) is 11.5. The molecule has 25 heavy (non-hydrogen) atoms. The molecule has 4 aliphatic heterocycles. The van der Waals surface area contributed by atoms with Crippen LogP contribution in [-0.4, -0.2) is 65.3 Å². The number of hydrogen-bond acceptors (Lipinski definition) is 8. The molecular formula is C16H24N2O7. The SMILES string of the molecule is CC(=O)N1N=C(C)O[C@@]12[C@@H]([C@H]1COC(C)(C)O1)O[C@@H]1OC(C)(C)O[C@@H]12. The first-order valence-corrected chi connectivity index (χ1v) is 8.42. The summed E-state index contributed by atoms with van der Waals surface area (Å²) in [6.45, 7) is 10.6. The lowest BCUT2D eigenvalue weighted by Crippen LogP contribution is -2.63. The lowest BCUT2D eigenvalue weighted by molar-refractivity contribution is -0.262. The van der Waals surface area contributed by atoms with Crippen molar-refractivity contribution in [1.29, 1.82) is 0 Å². The minimum absolute atomic E-state index is 0.280. The zero-order valence-corrected chi connectivity index (χ0v) is 15.3. The van der Waals surface area contributed by atoms with Gasteiger partial charge in [-0.15, -0.1) is 5.10 Å². The number of fused-ring (bicyclic) bond motifs is 2. The van der Waals surface area contributed by atoms with Gasteiger partial charge in [-0.3, -0.25) is 4.79 Å². The molecule has 0 saturated carbocycles. The van der Waals surface area contributed by atoms with Crippen molar-refractivity contribution in [2.45, 2.75) is 83.4 Å². The van der Waals surface area contributed by atoms with Crippen LogP contribution in [-0.2, 0) is 33.2 Å². The second-order valence-electron chi connectivity index (χ2n) is 7.65. The van der Waals surface area contributed by atoms with Crippen LogP contribution in [0.25, 0.3) is 0 Å². The van der Waals surface area contributed by atoms with Crippen molar-refractivity contribution in [2.75, 3.05) is 6.61 Å². The van der Waals surface area contributed by atoms with E-state index in [0.29, 0.717) is 12.5 Å². The fourth-order valence-electron chi connectivity index (χ4n) is 3.92. The minimum Gasteiger partial charge on any atom is -0.445 e. The summed E-state index contributed by atoms with van der Waals surface area (Å²) in [5, 5.41) is 5.54. The molecule has 3 saturated heterocycles.